The molecule has 1 heterocycles. The van der Waals surface area contributed by atoms with Crippen molar-refractivity contribution in [2.45, 2.75) is 25.6 Å². The van der Waals surface area contributed by atoms with Crippen molar-refractivity contribution >= 4 is 29.3 Å². The summed E-state index contributed by atoms with van der Waals surface area (Å²) in [6, 6.07) is 25.6. The Hall–Kier alpha value is -5.18. The van der Waals surface area contributed by atoms with Crippen molar-refractivity contribution < 1.29 is 28.2 Å². The molecule has 3 amide bonds. The third kappa shape index (κ3) is 6.36. The number of hydrogen-bond donors (Lipinski definition) is 2. The van der Waals surface area contributed by atoms with Crippen molar-refractivity contribution in [3.05, 3.63) is 125 Å². The van der Waals surface area contributed by atoms with Crippen LogP contribution in [0.5, 0.6) is 5.75 Å². The maximum Gasteiger partial charge on any atom is 0.411 e. The smallest absolute Gasteiger partial charge is 0.411 e. The van der Waals surface area contributed by atoms with Gasteiger partial charge in [0.15, 0.2) is 12.1 Å². The molecule has 0 spiro atoms. The van der Waals surface area contributed by atoms with Crippen LogP contribution in [0.2, 0.25) is 0 Å². The first-order chi connectivity index (χ1) is 19.8. The van der Waals surface area contributed by atoms with Crippen LogP contribution in [0.25, 0.3) is 0 Å². The van der Waals surface area contributed by atoms with E-state index in [9.17, 15) is 18.8 Å². The summed E-state index contributed by atoms with van der Waals surface area (Å²) >= 11 is 0. The monoisotopic (exact) mass is 553 g/mol. The molecular weight excluding hydrogens is 525 g/mol. The number of anilines is 2. The Labute approximate surface area is 236 Å². The third-order valence-corrected chi connectivity index (χ3v) is 6.77. The molecule has 1 fully saturated rings. The fraction of sp³-hybridized carbons (Fsp3) is 0.156. The lowest BCUT2D eigenvalue weighted by atomic mass is 10.00. The van der Waals surface area contributed by atoms with Crippen LogP contribution < -0.4 is 15.4 Å². The van der Waals surface area contributed by atoms with Crippen LogP contribution in [0.15, 0.2) is 97.1 Å². The van der Waals surface area contributed by atoms with E-state index >= 15 is 0 Å². The molecule has 0 aromatic heterocycles. The Kier molecular flexibility index (Phi) is 7.96. The number of methoxy groups -OCH3 is 1. The number of cyclic esters (lactones) is 1. The first-order valence-corrected chi connectivity index (χ1v) is 13.0. The summed E-state index contributed by atoms with van der Waals surface area (Å²) in [6.45, 7) is 2.12. The normalized spacial score (nSPS) is 16.2. The molecule has 5 rings (SSSR count). The average molecular weight is 554 g/mol. The van der Waals surface area contributed by atoms with E-state index in [1.807, 2.05) is 31.2 Å². The summed E-state index contributed by atoms with van der Waals surface area (Å²) in [5, 5.41) is 5.61. The van der Waals surface area contributed by atoms with Gasteiger partial charge in [0.2, 0.25) is 0 Å². The number of carbonyl (C=O) groups is 3. The standard InChI is InChI=1S/C32H28FN3O5/c1-20-6-8-21(9-7-20)19-36-28(31(38)35-26-16-12-24(33)13-17-26)29(41-32(36)39)22-10-14-25(15-11-22)34-30(37)23-4-3-5-27(18-23)40-2/h3-18,28-29H,19H2,1-2H3,(H,34,37)(H,35,38). The minimum Gasteiger partial charge on any atom is -0.497 e. The zero-order valence-electron chi connectivity index (χ0n) is 22.5. The lowest BCUT2D eigenvalue weighted by Crippen LogP contribution is -2.43. The number of aryl methyl sites for hydroxylation is 1. The Morgan fingerprint density at radius 3 is 2.24 bits per heavy atom. The molecule has 1 aliphatic rings. The predicted octanol–water partition coefficient (Wildman–Crippen LogP) is 6.10. The number of rotatable bonds is 8. The second-order valence-electron chi connectivity index (χ2n) is 9.67. The number of amides is 3. The second kappa shape index (κ2) is 11.9. The highest BCUT2D eigenvalue weighted by Crippen LogP contribution is 2.35. The lowest BCUT2D eigenvalue weighted by molar-refractivity contribution is -0.121. The fourth-order valence-corrected chi connectivity index (χ4v) is 4.57. The summed E-state index contributed by atoms with van der Waals surface area (Å²) in [5.74, 6) is -0.657. The summed E-state index contributed by atoms with van der Waals surface area (Å²) in [5.41, 5.74) is 3.82. The van der Waals surface area contributed by atoms with Gasteiger partial charge in [-0.25, -0.2) is 9.18 Å². The van der Waals surface area contributed by atoms with E-state index in [2.05, 4.69) is 10.6 Å². The summed E-state index contributed by atoms with van der Waals surface area (Å²) in [4.78, 5) is 40.7. The van der Waals surface area contributed by atoms with Crippen molar-refractivity contribution in [2.75, 3.05) is 17.7 Å². The first kappa shape index (κ1) is 27.4. The quantitative estimate of drug-likeness (QED) is 0.275. The van der Waals surface area contributed by atoms with E-state index in [0.717, 1.165) is 11.1 Å². The molecule has 0 saturated carbocycles. The molecule has 1 aliphatic heterocycles. The van der Waals surface area contributed by atoms with Gasteiger partial charge in [0.1, 0.15) is 11.6 Å². The van der Waals surface area contributed by atoms with E-state index in [4.69, 9.17) is 9.47 Å². The third-order valence-electron chi connectivity index (χ3n) is 6.77. The maximum atomic E-state index is 13.6. The van der Waals surface area contributed by atoms with E-state index in [1.54, 1.807) is 48.5 Å². The number of carbonyl (C=O) groups excluding carboxylic acids is 3. The molecule has 2 unspecified atom stereocenters. The zero-order valence-corrected chi connectivity index (χ0v) is 22.5. The molecule has 4 aromatic carbocycles. The van der Waals surface area contributed by atoms with Crippen molar-refractivity contribution in [2.24, 2.45) is 0 Å². The Bertz CT molecular complexity index is 1560. The zero-order chi connectivity index (χ0) is 28.9. The van der Waals surface area contributed by atoms with E-state index < -0.39 is 30.0 Å². The van der Waals surface area contributed by atoms with Gasteiger partial charge >= 0.3 is 6.09 Å². The van der Waals surface area contributed by atoms with Gasteiger partial charge < -0.3 is 20.1 Å². The number of nitrogens with one attached hydrogen (secondary N) is 2. The Morgan fingerprint density at radius 2 is 1.56 bits per heavy atom. The maximum absolute atomic E-state index is 13.6. The minimum absolute atomic E-state index is 0.159. The highest BCUT2D eigenvalue weighted by molar-refractivity contribution is 6.04. The first-order valence-electron chi connectivity index (χ1n) is 13.0. The van der Waals surface area contributed by atoms with Gasteiger partial charge in [0.05, 0.1) is 13.7 Å². The second-order valence-corrected chi connectivity index (χ2v) is 9.67. The largest absolute Gasteiger partial charge is 0.497 e. The molecule has 4 aromatic rings. The fourth-order valence-electron chi connectivity index (χ4n) is 4.57. The molecule has 0 bridgehead atoms. The summed E-state index contributed by atoms with van der Waals surface area (Å²) in [6.07, 6.45) is -1.55. The van der Waals surface area contributed by atoms with Crippen molar-refractivity contribution in [3.8, 4) is 5.75 Å². The van der Waals surface area contributed by atoms with Crippen LogP contribution in [0.4, 0.5) is 20.6 Å². The molecule has 0 radical (unpaired) electrons. The number of ether oxygens (including phenoxy) is 2. The van der Waals surface area contributed by atoms with Crippen molar-refractivity contribution in [1.29, 1.82) is 0 Å². The minimum atomic E-state index is -1.01. The van der Waals surface area contributed by atoms with Crippen molar-refractivity contribution in [3.63, 3.8) is 0 Å². The van der Waals surface area contributed by atoms with Gasteiger partial charge in [-0.3, -0.25) is 14.5 Å². The number of hydrogen-bond acceptors (Lipinski definition) is 5. The van der Waals surface area contributed by atoms with E-state index in [-0.39, 0.29) is 12.5 Å². The van der Waals surface area contributed by atoms with Gasteiger partial charge in [0, 0.05) is 16.9 Å². The highest BCUT2D eigenvalue weighted by atomic mass is 19.1. The summed E-state index contributed by atoms with van der Waals surface area (Å²) < 4.78 is 24.3. The molecule has 1 saturated heterocycles. The van der Waals surface area contributed by atoms with Crippen LogP contribution in [-0.4, -0.2) is 36.0 Å². The van der Waals surface area contributed by atoms with Crippen LogP contribution in [0.3, 0.4) is 0 Å². The topological polar surface area (TPSA) is 97.0 Å². The van der Waals surface area contributed by atoms with Crippen LogP contribution in [0, 0.1) is 12.7 Å². The molecule has 0 aliphatic carbocycles. The summed E-state index contributed by atoms with van der Waals surface area (Å²) in [7, 11) is 1.53. The Balaban J connectivity index is 1.38. The van der Waals surface area contributed by atoms with E-state index in [0.29, 0.717) is 28.3 Å². The van der Waals surface area contributed by atoms with E-state index in [1.165, 1.54) is 36.3 Å². The van der Waals surface area contributed by atoms with Gasteiger partial charge in [-0.05, 0) is 72.6 Å². The SMILES string of the molecule is COc1cccc(C(=O)Nc2ccc(C3OC(=O)N(Cc4ccc(C)cc4)C3C(=O)Nc3ccc(F)cc3)cc2)c1. The van der Waals surface area contributed by atoms with Gasteiger partial charge in [-0.2, -0.15) is 0 Å². The number of halogens is 1. The lowest BCUT2D eigenvalue weighted by Gasteiger charge is -2.24. The molecule has 41 heavy (non-hydrogen) atoms. The number of nitrogens with zero attached hydrogens (tertiary/aromatic N) is 1. The van der Waals surface area contributed by atoms with Crippen LogP contribution in [0.1, 0.15) is 33.2 Å². The molecule has 8 nitrogen and oxygen atoms in total. The van der Waals surface area contributed by atoms with Gasteiger partial charge in [-0.1, -0.05) is 48.0 Å². The van der Waals surface area contributed by atoms with Gasteiger partial charge in [0.25, 0.3) is 11.8 Å². The average Bonchev–Trinajstić information content (AvgIpc) is 3.31. The van der Waals surface area contributed by atoms with Crippen LogP contribution in [-0.2, 0) is 16.1 Å². The predicted molar refractivity (Wildman–Crippen MR) is 152 cm³/mol. The molecular formula is C32H28FN3O5. The molecule has 9 heteroatoms. The Morgan fingerprint density at radius 1 is 0.902 bits per heavy atom. The van der Waals surface area contributed by atoms with Gasteiger partial charge in [-0.15, -0.1) is 0 Å². The van der Waals surface area contributed by atoms with Crippen LogP contribution >= 0.6 is 0 Å². The van der Waals surface area contributed by atoms with Crippen molar-refractivity contribution in [1.82, 2.24) is 4.90 Å². The molecule has 208 valence electrons. The molecule has 2 atom stereocenters. The molecule has 2 N–H and O–H groups in total. The number of benzene rings is 4. The highest BCUT2D eigenvalue weighted by Gasteiger charge is 2.47.